The lowest BCUT2D eigenvalue weighted by Gasteiger charge is -2.46. The summed E-state index contributed by atoms with van der Waals surface area (Å²) in [6, 6.07) is 8.53. The Balaban J connectivity index is 1.93. The minimum atomic E-state index is 0.0109. The first-order chi connectivity index (χ1) is 11.7. The molecule has 0 amide bonds. The first-order valence-electron chi connectivity index (χ1n) is 9.84. The highest BCUT2D eigenvalue weighted by molar-refractivity contribution is 6.30. The van der Waals surface area contributed by atoms with Gasteiger partial charge in [0.25, 0.3) is 0 Å². The maximum atomic E-state index is 6.00. The van der Waals surface area contributed by atoms with Crippen molar-refractivity contribution in [3.63, 3.8) is 0 Å². The molecule has 2 nitrogen and oxygen atoms in total. The third kappa shape index (κ3) is 6.58. The van der Waals surface area contributed by atoms with Crippen LogP contribution in [0.1, 0.15) is 78.3 Å². The third-order valence-electron chi connectivity index (χ3n) is 5.65. The molecular formula is C22H36ClNO. The molecule has 0 bridgehead atoms. The maximum Gasteiger partial charge on any atom is 0.0631 e. The standard InChI is InChI=1S/C22H36ClNO/c1-17(2)10-11-22(13-15-25-21(4,5)16-22)12-14-24-18(3)19-6-8-20(23)9-7-19/h6-9,17-18,24H,10-16H2,1-5H3/t18-,22+/m0/s1. The second-order valence-corrected chi connectivity index (χ2v) is 9.38. The lowest BCUT2D eigenvalue weighted by atomic mass is 9.68. The Labute approximate surface area is 159 Å². The van der Waals surface area contributed by atoms with E-state index in [1.165, 1.54) is 37.7 Å². The molecule has 1 aromatic carbocycles. The van der Waals surface area contributed by atoms with E-state index in [1.807, 2.05) is 12.1 Å². The molecule has 2 atom stereocenters. The first-order valence-corrected chi connectivity index (χ1v) is 10.2. The maximum absolute atomic E-state index is 6.00. The van der Waals surface area contributed by atoms with Gasteiger partial charge in [0, 0.05) is 17.7 Å². The molecule has 0 saturated carbocycles. The summed E-state index contributed by atoms with van der Waals surface area (Å²) in [5.74, 6) is 0.767. The van der Waals surface area contributed by atoms with E-state index in [0.717, 1.165) is 24.1 Å². The van der Waals surface area contributed by atoms with Gasteiger partial charge in [-0.3, -0.25) is 0 Å². The molecule has 1 aliphatic heterocycles. The van der Waals surface area contributed by atoms with Crippen molar-refractivity contribution in [1.82, 2.24) is 5.32 Å². The quantitative estimate of drug-likeness (QED) is 0.576. The van der Waals surface area contributed by atoms with Gasteiger partial charge in [-0.2, -0.15) is 0 Å². The van der Waals surface area contributed by atoms with Crippen LogP contribution in [0.4, 0.5) is 0 Å². The van der Waals surface area contributed by atoms with Crippen LogP contribution in [0.15, 0.2) is 24.3 Å². The molecule has 0 aromatic heterocycles. The van der Waals surface area contributed by atoms with Gasteiger partial charge >= 0.3 is 0 Å². The van der Waals surface area contributed by atoms with Crippen LogP contribution in [0.2, 0.25) is 5.02 Å². The molecule has 0 spiro atoms. The van der Waals surface area contributed by atoms with Crippen LogP contribution in [0, 0.1) is 11.3 Å². The minimum Gasteiger partial charge on any atom is -0.376 e. The van der Waals surface area contributed by atoms with Crippen molar-refractivity contribution in [2.45, 2.75) is 78.4 Å². The molecule has 1 aliphatic rings. The molecule has 1 heterocycles. The molecule has 1 aromatic rings. The Morgan fingerprint density at radius 2 is 1.80 bits per heavy atom. The molecule has 1 fully saturated rings. The Kier molecular flexibility index (Phi) is 7.37. The molecule has 3 heteroatoms. The van der Waals surface area contributed by atoms with Gasteiger partial charge in [-0.05, 0) is 82.0 Å². The number of nitrogens with one attached hydrogen (secondary N) is 1. The molecule has 142 valence electrons. The smallest absolute Gasteiger partial charge is 0.0631 e. The van der Waals surface area contributed by atoms with Gasteiger partial charge in [0.05, 0.1) is 5.60 Å². The van der Waals surface area contributed by atoms with Crippen LogP contribution in [-0.2, 0) is 4.74 Å². The number of benzene rings is 1. The number of hydrogen-bond donors (Lipinski definition) is 1. The van der Waals surface area contributed by atoms with E-state index in [-0.39, 0.29) is 5.60 Å². The monoisotopic (exact) mass is 365 g/mol. The average molecular weight is 366 g/mol. The average Bonchev–Trinajstić information content (AvgIpc) is 2.53. The predicted octanol–water partition coefficient (Wildman–Crippen LogP) is 6.39. The number of rotatable bonds is 8. The second-order valence-electron chi connectivity index (χ2n) is 8.94. The van der Waals surface area contributed by atoms with Crippen molar-refractivity contribution in [3.05, 3.63) is 34.9 Å². The molecular weight excluding hydrogens is 330 g/mol. The summed E-state index contributed by atoms with van der Waals surface area (Å²) in [5, 5.41) is 4.52. The van der Waals surface area contributed by atoms with E-state index in [1.54, 1.807) is 0 Å². The zero-order valence-electron chi connectivity index (χ0n) is 16.7. The van der Waals surface area contributed by atoms with Crippen molar-refractivity contribution in [2.24, 2.45) is 11.3 Å². The Bertz CT molecular complexity index is 525. The van der Waals surface area contributed by atoms with Crippen molar-refractivity contribution >= 4 is 11.6 Å². The topological polar surface area (TPSA) is 21.3 Å². The number of hydrogen-bond acceptors (Lipinski definition) is 2. The van der Waals surface area contributed by atoms with Gasteiger partial charge in [-0.15, -0.1) is 0 Å². The van der Waals surface area contributed by atoms with Crippen LogP contribution >= 0.6 is 11.6 Å². The second kappa shape index (κ2) is 8.88. The summed E-state index contributed by atoms with van der Waals surface area (Å²) in [7, 11) is 0. The number of halogens is 1. The molecule has 2 rings (SSSR count). The van der Waals surface area contributed by atoms with Crippen LogP contribution < -0.4 is 5.32 Å². The van der Waals surface area contributed by atoms with Crippen molar-refractivity contribution in [1.29, 1.82) is 0 Å². The lowest BCUT2D eigenvalue weighted by Crippen LogP contribution is -2.43. The summed E-state index contributed by atoms with van der Waals surface area (Å²) in [6.07, 6.45) is 6.21. The van der Waals surface area contributed by atoms with E-state index in [4.69, 9.17) is 16.3 Å². The molecule has 0 aliphatic carbocycles. The van der Waals surface area contributed by atoms with E-state index >= 15 is 0 Å². The van der Waals surface area contributed by atoms with Crippen molar-refractivity contribution in [3.8, 4) is 0 Å². The summed E-state index contributed by atoms with van der Waals surface area (Å²) < 4.78 is 6.00. The molecule has 1 N–H and O–H groups in total. The summed E-state index contributed by atoms with van der Waals surface area (Å²) in [6.45, 7) is 13.4. The zero-order valence-corrected chi connectivity index (χ0v) is 17.5. The normalized spacial score (nSPS) is 24.4. The van der Waals surface area contributed by atoms with E-state index in [0.29, 0.717) is 11.5 Å². The Morgan fingerprint density at radius 1 is 1.12 bits per heavy atom. The van der Waals surface area contributed by atoms with Gasteiger partial charge < -0.3 is 10.1 Å². The molecule has 25 heavy (non-hydrogen) atoms. The lowest BCUT2D eigenvalue weighted by molar-refractivity contribution is -0.110. The van der Waals surface area contributed by atoms with E-state index in [2.05, 4.69) is 52.1 Å². The predicted molar refractivity (Wildman–Crippen MR) is 108 cm³/mol. The molecule has 0 radical (unpaired) electrons. The summed E-state index contributed by atoms with van der Waals surface area (Å²) in [4.78, 5) is 0. The fourth-order valence-electron chi connectivity index (χ4n) is 4.16. The van der Waals surface area contributed by atoms with E-state index in [9.17, 15) is 0 Å². The minimum absolute atomic E-state index is 0.0109. The van der Waals surface area contributed by atoms with Gasteiger partial charge in [0.1, 0.15) is 0 Å². The van der Waals surface area contributed by atoms with Gasteiger partial charge in [0.2, 0.25) is 0 Å². The van der Waals surface area contributed by atoms with Gasteiger partial charge in [0.15, 0.2) is 0 Å². The van der Waals surface area contributed by atoms with Gasteiger partial charge in [-0.1, -0.05) is 44.0 Å². The molecule has 1 saturated heterocycles. The zero-order chi connectivity index (χ0) is 18.5. The Morgan fingerprint density at radius 3 is 2.40 bits per heavy atom. The highest BCUT2D eigenvalue weighted by Crippen LogP contribution is 2.45. The third-order valence-corrected chi connectivity index (χ3v) is 5.91. The van der Waals surface area contributed by atoms with Crippen molar-refractivity contribution < 1.29 is 4.74 Å². The Hall–Kier alpha value is -0.570. The fourth-order valence-corrected chi connectivity index (χ4v) is 4.28. The van der Waals surface area contributed by atoms with Crippen LogP contribution in [-0.4, -0.2) is 18.8 Å². The highest BCUT2D eigenvalue weighted by Gasteiger charge is 2.40. The number of ether oxygens (including phenoxy) is 1. The first kappa shape index (κ1) is 20.7. The largest absolute Gasteiger partial charge is 0.376 e. The van der Waals surface area contributed by atoms with Crippen LogP contribution in [0.5, 0.6) is 0 Å². The summed E-state index contributed by atoms with van der Waals surface area (Å²) in [5.41, 5.74) is 1.73. The highest BCUT2D eigenvalue weighted by atomic mass is 35.5. The van der Waals surface area contributed by atoms with Crippen molar-refractivity contribution in [2.75, 3.05) is 13.2 Å². The van der Waals surface area contributed by atoms with Crippen LogP contribution in [0.3, 0.4) is 0 Å². The SMILES string of the molecule is CC(C)CC[C@@]1(CCN[C@@H](C)c2ccc(Cl)cc2)CCOC(C)(C)C1. The fraction of sp³-hybridized carbons (Fsp3) is 0.727. The van der Waals surface area contributed by atoms with E-state index < -0.39 is 0 Å². The summed E-state index contributed by atoms with van der Waals surface area (Å²) >= 11 is 6.00. The molecule has 0 unspecified atom stereocenters. The van der Waals surface area contributed by atoms with Crippen LogP contribution in [0.25, 0.3) is 0 Å². The van der Waals surface area contributed by atoms with Gasteiger partial charge in [-0.25, -0.2) is 0 Å².